The molecular formula is C15H16BrNO3. The lowest BCUT2D eigenvalue weighted by atomic mass is 10.0. The second-order valence-electron chi connectivity index (χ2n) is 4.77. The molecule has 5 heteroatoms. The van der Waals surface area contributed by atoms with E-state index in [0.717, 1.165) is 22.9 Å². The molecule has 4 nitrogen and oxygen atoms in total. The quantitative estimate of drug-likeness (QED) is 0.862. The number of carbonyl (C=O) groups is 2. The number of rotatable bonds is 3. The van der Waals surface area contributed by atoms with Crippen molar-refractivity contribution >= 4 is 33.9 Å². The van der Waals surface area contributed by atoms with Crippen LogP contribution < -0.4 is 0 Å². The van der Waals surface area contributed by atoms with E-state index in [1.54, 1.807) is 6.08 Å². The number of piperidine rings is 1. The predicted octanol–water partition coefficient (Wildman–Crippen LogP) is 2.93. The van der Waals surface area contributed by atoms with Crippen molar-refractivity contribution in [2.45, 2.75) is 25.3 Å². The Morgan fingerprint density at radius 3 is 2.85 bits per heavy atom. The number of halogens is 1. The lowest BCUT2D eigenvalue weighted by molar-refractivity contribution is -0.150. The summed E-state index contributed by atoms with van der Waals surface area (Å²) in [5, 5.41) is 9.16. The number of amides is 1. The van der Waals surface area contributed by atoms with Gasteiger partial charge in [0.05, 0.1) is 0 Å². The number of hydrogen-bond acceptors (Lipinski definition) is 2. The topological polar surface area (TPSA) is 57.6 Å². The molecule has 2 rings (SSSR count). The fourth-order valence-electron chi connectivity index (χ4n) is 2.33. The van der Waals surface area contributed by atoms with Crippen LogP contribution in [0.5, 0.6) is 0 Å². The molecule has 1 fully saturated rings. The molecule has 0 spiro atoms. The first kappa shape index (κ1) is 14.8. The highest BCUT2D eigenvalue weighted by Gasteiger charge is 2.30. The van der Waals surface area contributed by atoms with E-state index in [-0.39, 0.29) is 5.91 Å². The molecule has 0 bridgehead atoms. The molecule has 1 aromatic carbocycles. The van der Waals surface area contributed by atoms with Crippen molar-refractivity contribution in [2.75, 3.05) is 6.54 Å². The molecule has 1 amide bonds. The molecular weight excluding hydrogens is 322 g/mol. The summed E-state index contributed by atoms with van der Waals surface area (Å²) in [5.41, 5.74) is 0.900. The van der Waals surface area contributed by atoms with Crippen LogP contribution in [0.4, 0.5) is 0 Å². The third kappa shape index (κ3) is 3.70. The minimum atomic E-state index is -0.922. The zero-order chi connectivity index (χ0) is 14.5. The summed E-state index contributed by atoms with van der Waals surface area (Å²) in [6, 6.07) is 6.89. The Balaban J connectivity index is 2.08. The molecule has 1 N–H and O–H groups in total. The molecule has 1 saturated heterocycles. The van der Waals surface area contributed by atoms with Gasteiger partial charge in [-0.15, -0.1) is 0 Å². The SMILES string of the molecule is O=C(O)[C@H]1CCCCN1C(=O)C=Cc1cccc(Br)c1. The third-order valence-corrected chi connectivity index (χ3v) is 3.83. The molecule has 0 unspecified atom stereocenters. The van der Waals surface area contributed by atoms with Crippen LogP contribution in [-0.4, -0.2) is 34.5 Å². The summed E-state index contributed by atoms with van der Waals surface area (Å²) in [6.45, 7) is 0.513. The molecule has 106 valence electrons. The molecule has 0 aliphatic carbocycles. The van der Waals surface area contributed by atoms with Gasteiger partial charge in [-0.3, -0.25) is 4.79 Å². The van der Waals surface area contributed by atoms with Crippen LogP contribution in [0.25, 0.3) is 6.08 Å². The van der Waals surface area contributed by atoms with E-state index in [0.29, 0.717) is 13.0 Å². The number of hydrogen-bond donors (Lipinski definition) is 1. The van der Waals surface area contributed by atoms with E-state index in [2.05, 4.69) is 15.9 Å². The van der Waals surface area contributed by atoms with Gasteiger partial charge in [0.15, 0.2) is 0 Å². The zero-order valence-corrected chi connectivity index (χ0v) is 12.5. The monoisotopic (exact) mass is 337 g/mol. The van der Waals surface area contributed by atoms with Gasteiger partial charge in [-0.05, 0) is 43.0 Å². The van der Waals surface area contributed by atoms with Crippen LogP contribution in [0.15, 0.2) is 34.8 Å². The Morgan fingerprint density at radius 2 is 2.15 bits per heavy atom. The minimum Gasteiger partial charge on any atom is -0.480 e. The Bertz CT molecular complexity index is 542. The van der Waals surface area contributed by atoms with Gasteiger partial charge in [0, 0.05) is 17.1 Å². The van der Waals surface area contributed by atoms with Crippen molar-refractivity contribution in [3.05, 3.63) is 40.4 Å². The summed E-state index contributed by atoms with van der Waals surface area (Å²) in [4.78, 5) is 24.7. The van der Waals surface area contributed by atoms with Gasteiger partial charge in [0.1, 0.15) is 6.04 Å². The lowest BCUT2D eigenvalue weighted by Crippen LogP contribution is -2.47. The smallest absolute Gasteiger partial charge is 0.326 e. The van der Waals surface area contributed by atoms with Crippen molar-refractivity contribution in [3.8, 4) is 0 Å². The van der Waals surface area contributed by atoms with Crippen LogP contribution in [0.1, 0.15) is 24.8 Å². The van der Waals surface area contributed by atoms with Crippen LogP contribution in [0.2, 0.25) is 0 Å². The maximum Gasteiger partial charge on any atom is 0.326 e. The number of carboxylic acid groups (broad SMARTS) is 1. The Kier molecular flexibility index (Phi) is 4.95. The van der Waals surface area contributed by atoms with E-state index in [9.17, 15) is 9.59 Å². The molecule has 1 heterocycles. The maximum atomic E-state index is 12.1. The third-order valence-electron chi connectivity index (χ3n) is 3.34. The number of carbonyl (C=O) groups excluding carboxylic acids is 1. The number of likely N-dealkylation sites (tertiary alicyclic amines) is 1. The van der Waals surface area contributed by atoms with Gasteiger partial charge in [0.25, 0.3) is 0 Å². The van der Waals surface area contributed by atoms with E-state index in [4.69, 9.17) is 5.11 Å². The lowest BCUT2D eigenvalue weighted by Gasteiger charge is -2.32. The summed E-state index contributed by atoms with van der Waals surface area (Å²) in [5.74, 6) is -1.16. The molecule has 1 aliphatic heterocycles. The molecule has 1 aromatic rings. The largest absolute Gasteiger partial charge is 0.480 e. The Labute approximate surface area is 126 Å². The summed E-state index contributed by atoms with van der Waals surface area (Å²) in [6.07, 6.45) is 5.41. The van der Waals surface area contributed by atoms with E-state index in [1.807, 2.05) is 24.3 Å². The van der Waals surface area contributed by atoms with Gasteiger partial charge in [-0.2, -0.15) is 0 Å². The minimum absolute atomic E-state index is 0.239. The van der Waals surface area contributed by atoms with E-state index in [1.165, 1.54) is 11.0 Å². The van der Waals surface area contributed by atoms with Crippen molar-refractivity contribution in [2.24, 2.45) is 0 Å². The number of benzene rings is 1. The van der Waals surface area contributed by atoms with E-state index < -0.39 is 12.0 Å². The Morgan fingerprint density at radius 1 is 1.35 bits per heavy atom. The van der Waals surface area contributed by atoms with Crippen LogP contribution in [0, 0.1) is 0 Å². The van der Waals surface area contributed by atoms with Crippen LogP contribution >= 0.6 is 15.9 Å². The number of carboxylic acids is 1. The molecule has 20 heavy (non-hydrogen) atoms. The fourth-order valence-corrected chi connectivity index (χ4v) is 2.74. The van der Waals surface area contributed by atoms with Gasteiger partial charge >= 0.3 is 5.97 Å². The van der Waals surface area contributed by atoms with Crippen molar-refractivity contribution < 1.29 is 14.7 Å². The van der Waals surface area contributed by atoms with Gasteiger partial charge in [-0.1, -0.05) is 28.1 Å². The number of nitrogens with zero attached hydrogens (tertiary/aromatic N) is 1. The predicted molar refractivity (Wildman–Crippen MR) is 80.2 cm³/mol. The van der Waals surface area contributed by atoms with Gasteiger partial charge in [-0.25, -0.2) is 4.79 Å². The Hall–Kier alpha value is -1.62. The highest BCUT2D eigenvalue weighted by molar-refractivity contribution is 9.10. The molecule has 0 radical (unpaired) electrons. The normalized spacial score (nSPS) is 19.2. The summed E-state index contributed by atoms with van der Waals surface area (Å²) >= 11 is 3.37. The first-order chi connectivity index (χ1) is 9.58. The average molecular weight is 338 g/mol. The maximum absolute atomic E-state index is 12.1. The zero-order valence-electron chi connectivity index (χ0n) is 11.0. The average Bonchev–Trinajstić information content (AvgIpc) is 2.45. The standard InChI is InChI=1S/C15H16BrNO3/c16-12-5-3-4-11(10-12)7-8-14(18)17-9-2-1-6-13(17)15(19)20/h3-5,7-8,10,13H,1-2,6,9H2,(H,19,20)/t13-/m1/s1. The van der Waals surface area contributed by atoms with Gasteiger partial charge < -0.3 is 10.0 Å². The van der Waals surface area contributed by atoms with Crippen molar-refractivity contribution in [1.29, 1.82) is 0 Å². The highest BCUT2D eigenvalue weighted by Crippen LogP contribution is 2.18. The van der Waals surface area contributed by atoms with E-state index >= 15 is 0 Å². The first-order valence-corrected chi connectivity index (χ1v) is 7.34. The fraction of sp³-hybridized carbons (Fsp3) is 0.333. The van der Waals surface area contributed by atoms with Crippen molar-refractivity contribution in [1.82, 2.24) is 4.90 Å². The second-order valence-corrected chi connectivity index (χ2v) is 5.69. The van der Waals surface area contributed by atoms with Crippen LogP contribution in [-0.2, 0) is 9.59 Å². The molecule has 0 saturated carbocycles. The molecule has 1 aliphatic rings. The highest BCUT2D eigenvalue weighted by atomic mass is 79.9. The molecule has 0 aromatic heterocycles. The first-order valence-electron chi connectivity index (χ1n) is 6.55. The van der Waals surface area contributed by atoms with Crippen LogP contribution in [0.3, 0.4) is 0 Å². The number of aliphatic carboxylic acids is 1. The summed E-state index contributed by atoms with van der Waals surface area (Å²) < 4.78 is 0.938. The van der Waals surface area contributed by atoms with Crippen molar-refractivity contribution in [3.63, 3.8) is 0 Å². The summed E-state index contributed by atoms with van der Waals surface area (Å²) in [7, 11) is 0. The van der Waals surface area contributed by atoms with Gasteiger partial charge in [0.2, 0.25) is 5.91 Å². The second kappa shape index (κ2) is 6.70. The molecule has 1 atom stereocenters.